The van der Waals surface area contributed by atoms with Gasteiger partial charge in [-0.3, -0.25) is 4.99 Å². The third-order valence-corrected chi connectivity index (χ3v) is 1.74. The summed E-state index contributed by atoms with van der Waals surface area (Å²) in [5.74, 6) is 0.325. The number of nitrogens with zero attached hydrogens (tertiary/aromatic N) is 1. The van der Waals surface area contributed by atoms with Gasteiger partial charge in [0.2, 0.25) is 0 Å². The smallest absolute Gasteiger partial charge is 0.127 e. The summed E-state index contributed by atoms with van der Waals surface area (Å²) < 4.78 is 0. The van der Waals surface area contributed by atoms with Gasteiger partial charge < -0.3 is 5.11 Å². The summed E-state index contributed by atoms with van der Waals surface area (Å²) in [6.45, 7) is 3.88. The summed E-state index contributed by atoms with van der Waals surface area (Å²) in [4.78, 5) is 3.86. The molecule has 1 aromatic rings. The van der Waals surface area contributed by atoms with Crippen LogP contribution in [0.5, 0.6) is 5.75 Å². The molecule has 0 saturated heterocycles. The van der Waals surface area contributed by atoms with Gasteiger partial charge in [-0.15, -0.1) is 0 Å². The van der Waals surface area contributed by atoms with Crippen molar-refractivity contribution < 1.29 is 5.11 Å². The lowest BCUT2D eigenvalue weighted by Gasteiger charge is -2.03. The molecule has 1 rings (SSSR count). The summed E-state index contributed by atoms with van der Waals surface area (Å²) in [6, 6.07) is 3.86. The van der Waals surface area contributed by atoms with Crippen molar-refractivity contribution in [2.24, 2.45) is 4.99 Å². The van der Waals surface area contributed by atoms with Crippen molar-refractivity contribution >= 4 is 6.21 Å². The zero-order valence-electron chi connectivity index (χ0n) is 7.63. The van der Waals surface area contributed by atoms with E-state index in [1.165, 1.54) is 0 Å². The SMILES string of the molecule is CN=Cc1cc(C)cc(C)c1O. The second-order valence-electron chi connectivity index (χ2n) is 2.91. The maximum absolute atomic E-state index is 9.56. The third-order valence-electron chi connectivity index (χ3n) is 1.74. The number of rotatable bonds is 1. The fourth-order valence-corrected chi connectivity index (χ4v) is 1.23. The van der Waals surface area contributed by atoms with Gasteiger partial charge in [0.25, 0.3) is 0 Å². The predicted octanol–water partition coefficient (Wildman–Crippen LogP) is 2.06. The average molecular weight is 163 g/mol. The standard InChI is InChI=1S/C10H13NO/c1-7-4-8(2)10(12)9(5-7)6-11-3/h4-6,12H,1-3H3. The molecule has 0 heterocycles. The van der Waals surface area contributed by atoms with Crippen molar-refractivity contribution in [3.05, 3.63) is 28.8 Å². The molecule has 64 valence electrons. The van der Waals surface area contributed by atoms with Crippen LogP contribution >= 0.6 is 0 Å². The molecule has 0 spiro atoms. The molecule has 0 atom stereocenters. The Kier molecular flexibility index (Phi) is 2.48. The minimum absolute atomic E-state index is 0.325. The number of aryl methyl sites for hydroxylation is 2. The van der Waals surface area contributed by atoms with E-state index in [0.717, 1.165) is 16.7 Å². The fraction of sp³-hybridized carbons (Fsp3) is 0.300. The lowest BCUT2D eigenvalue weighted by molar-refractivity contribution is 0.470. The van der Waals surface area contributed by atoms with Gasteiger partial charge in [0.1, 0.15) is 5.75 Å². The second kappa shape index (κ2) is 3.39. The molecular weight excluding hydrogens is 150 g/mol. The van der Waals surface area contributed by atoms with Gasteiger partial charge >= 0.3 is 0 Å². The van der Waals surface area contributed by atoms with Crippen LogP contribution in [0.15, 0.2) is 17.1 Å². The van der Waals surface area contributed by atoms with Crippen LogP contribution in [-0.4, -0.2) is 18.4 Å². The maximum Gasteiger partial charge on any atom is 0.127 e. The molecule has 0 aromatic heterocycles. The molecule has 0 saturated carbocycles. The van der Waals surface area contributed by atoms with Gasteiger partial charge in [-0.2, -0.15) is 0 Å². The molecule has 0 aliphatic rings. The summed E-state index contributed by atoms with van der Waals surface area (Å²) in [5, 5.41) is 9.56. The first kappa shape index (κ1) is 8.78. The van der Waals surface area contributed by atoms with Crippen molar-refractivity contribution in [3.63, 3.8) is 0 Å². The van der Waals surface area contributed by atoms with Crippen LogP contribution in [0.3, 0.4) is 0 Å². The largest absolute Gasteiger partial charge is 0.507 e. The van der Waals surface area contributed by atoms with Crippen LogP contribution in [0.1, 0.15) is 16.7 Å². The van der Waals surface area contributed by atoms with E-state index < -0.39 is 0 Å². The number of aliphatic imine (C=N–C) groups is 1. The highest BCUT2D eigenvalue weighted by molar-refractivity contribution is 5.84. The lowest BCUT2D eigenvalue weighted by atomic mass is 10.1. The highest BCUT2D eigenvalue weighted by Crippen LogP contribution is 2.21. The highest BCUT2D eigenvalue weighted by Gasteiger charge is 2.01. The van der Waals surface area contributed by atoms with Crippen LogP contribution in [-0.2, 0) is 0 Å². The Morgan fingerprint density at radius 1 is 1.33 bits per heavy atom. The van der Waals surface area contributed by atoms with E-state index >= 15 is 0 Å². The predicted molar refractivity (Wildman–Crippen MR) is 51.1 cm³/mol. The molecule has 0 fully saturated rings. The van der Waals surface area contributed by atoms with Crippen molar-refractivity contribution in [2.45, 2.75) is 13.8 Å². The van der Waals surface area contributed by atoms with Crippen LogP contribution in [0, 0.1) is 13.8 Å². The molecule has 2 nitrogen and oxygen atoms in total. The lowest BCUT2D eigenvalue weighted by Crippen LogP contribution is -1.87. The Bertz CT molecular complexity index is 316. The molecule has 0 unspecified atom stereocenters. The minimum atomic E-state index is 0.325. The Hall–Kier alpha value is -1.31. The molecule has 1 N–H and O–H groups in total. The molecule has 0 aliphatic heterocycles. The normalized spacial score (nSPS) is 10.9. The van der Waals surface area contributed by atoms with Gasteiger partial charge in [-0.1, -0.05) is 6.07 Å². The van der Waals surface area contributed by atoms with Crippen LogP contribution in [0.25, 0.3) is 0 Å². The monoisotopic (exact) mass is 163 g/mol. The first-order chi connectivity index (χ1) is 5.65. The number of phenolic OH excluding ortho intramolecular Hbond substituents is 1. The van der Waals surface area contributed by atoms with Gasteiger partial charge in [0, 0.05) is 18.8 Å². The summed E-state index contributed by atoms with van der Waals surface area (Å²) in [7, 11) is 1.69. The zero-order chi connectivity index (χ0) is 9.14. The Labute approximate surface area is 72.6 Å². The van der Waals surface area contributed by atoms with E-state index in [0.29, 0.717) is 5.75 Å². The molecule has 0 bridgehead atoms. The van der Waals surface area contributed by atoms with E-state index in [-0.39, 0.29) is 0 Å². The van der Waals surface area contributed by atoms with Gasteiger partial charge in [-0.25, -0.2) is 0 Å². The number of phenols is 1. The number of aromatic hydroxyl groups is 1. The van der Waals surface area contributed by atoms with E-state index in [1.54, 1.807) is 13.3 Å². The number of hydrogen-bond acceptors (Lipinski definition) is 2. The van der Waals surface area contributed by atoms with Crippen LogP contribution in [0.2, 0.25) is 0 Å². The summed E-state index contributed by atoms with van der Waals surface area (Å²) >= 11 is 0. The van der Waals surface area contributed by atoms with Crippen molar-refractivity contribution in [3.8, 4) is 5.75 Å². The Morgan fingerprint density at radius 2 is 2.00 bits per heavy atom. The molecule has 2 heteroatoms. The first-order valence-electron chi connectivity index (χ1n) is 3.87. The quantitative estimate of drug-likeness (QED) is 0.631. The zero-order valence-corrected chi connectivity index (χ0v) is 7.63. The molecule has 0 amide bonds. The Balaban J connectivity index is 3.27. The van der Waals surface area contributed by atoms with E-state index in [9.17, 15) is 5.11 Å². The van der Waals surface area contributed by atoms with Crippen LogP contribution < -0.4 is 0 Å². The molecule has 12 heavy (non-hydrogen) atoms. The van der Waals surface area contributed by atoms with Crippen molar-refractivity contribution in [2.75, 3.05) is 7.05 Å². The molecule has 0 aliphatic carbocycles. The first-order valence-corrected chi connectivity index (χ1v) is 3.87. The number of hydrogen-bond donors (Lipinski definition) is 1. The third kappa shape index (κ3) is 1.64. The van der Waals surface area contributed by atoms with E-state index in [4.69, 9.17) is 0 Å². The maximum atomic E-state index is 9.56. The molecular formula is C10H13NO. The minimum Gasteiger partial charge on any atom is -0.507 e. The van der Waals surface area contributed by atoms with E-state index in [1.807, 2.05) is 26.0 Å². The van der Waals surface area contributed by atoms with Gasteiger partial charge in [-0.05, 0) is 31.0 Å². The topological polar surface area (TPSA) is 32.6 Å². The Morgan fingerprint density at radius 3 is 2.58 bits per heavy atom. The fourth-order valence-electron chi connectivity index (χ4n) is 1.23. The van der Waals surface area contributed by atoms with Crippen molar-refractivity contribution in [1.29, 1.82) is 0 Å². The van der Waals surface area contributed by atoms with Gasteiger partial charge in [0.05, 0.1) is 0 Å². The highest BCUT2D eigenvalue weighted by atomic mass is 16.3. The summed E-state index contributed by atoms with van der Waals surface area (Å²) in [6.07, 6.45) is 1.66. The van der Waals surface area contributed by atoms with Crippen molar-refractivity contribution in [1.82, 2.24) is 0 Å². The van der Waals surface area contributed by atoms with Crippen LogP contribution in [0.4, 0.5) is 0 Å². The average Bonchev–Trinajstić information content (AvgIpc) is 2.00. The summed E-state index contributed by atoms with van der Waals surface area (Å²) in [5.41, 5.74) is 2.82. The number of benzene rings is 1. The second-order valence-corrected chi connectivity index (χ2v) is 2.91. The van der Waals surface area contributed by atoms with E-state index in [2.05, 4.69) is 4.99 Å². The molecule has 1 aromatic carbocycles. The van der Waals surface area contributed by atoms with Gasteiger partial charge in [0.15, 0.2) is 0 Å². The molecule has 0 radical (unpaired) electrons.